The number of aryl methyl sites for hydroxylation is 1. The number of thiophene rings is 1. The molecule has 12 heavy (non-hydrogen) atoms. The number of carbonyl (C=O) groups excluding carboxylic acids is 1. The smallest absolute Gasteiger partial charge is 0.265 e. The molecule has 0 saturated carbocycles. The van der Waals surface area contributed by atoms with Gasteiger partial charge >= 0.3 is 0 Å². The Morgan fingerprint density at radius 1 is 1.67 bits per heavy atom. The number of hydrogen-bond donors (Lipinski definition) is 1. The lowest BCUT2D eigenvalue weighted by atomic mass is 10.4. The fraction of sp³-hybridized carbons (Fsp3) is 0.375. The molecule has 64 valence electrons. The molecule has 0 spiro atoms. The van der Waals surface area contributed by atoms with Crippen LogP contribution >= 0.6 is 11.3 Å². The summed E-state index contributed by atoms with van der Waals surface area (Å²) < 4.78 is 5.37. The van der Waals surface area contributed by atoms with Crippen LogP contribution in [-0.2, 0) is 0 Å². The van der Waals surface area contributed by atoms with Crippen molar-refractivity contribution in [3.05, 3.63) is 15.8 Å². The van der Waals surface area contributed by atoms with Gasteiger partial charge in [0.15, 0.2) is 0 Å². The second-order valence-corrected chi connectivity index (χ2v) is 3.91. The molecular formula is C8H9NO2S. The number of carbonyl (C=O) groups is 1. The molecule has 2 rings (SSSR count). The third-order valence-corrected chi connectivity index (χ3v) is 2.70. The second-order valence-electron chi connectivity index (χ2n) is 2.65. The van der Waals surface area contributed by atoms with E-state index < -0.39 is 0 Å². The van der Waals surface area contributed by atoms with Crippen LogP contribution in [0.25, 0.3) is 0 Å². The van der Waals surface area contributed by atoms with Gasteiger partial charge in [0.25, 0.3) is 5.91 Å². The van der Waals surface area contributed by atoms with Crippen molar-refractivity contribution in [2.24, 2.45) is 0 Å². The molecule has 1 N–H and O–H groups in total. The average Bonchev–Trinajstić information content (AvgIpc) is 2.33. The molecule has 0 aromatic carbocycles. The Morgan fingerprint density at radius 3 is 3.33 bits per heavy atom. The van der Waals surface area contributed by atoms with Gasteiger partial charge in [-0.3, -0.25) is 4.79 Å². The minimum Gasteiger partial charge on any atom is -0.490 e. The van der Waals surface area contributed by atoms with Crippen molar-refractivity contribution in [2.45, 2.75) is 6.92 Å². The zero-order valence-electron chi connectivity index (χ0n) is 6.72. The normalized spacial score (nSPS) is 15.9. The summed E-state index contributed by atoms with van der Waals surface area (Å²) in [5.74, 6) is 0.716. The maximum Gasteiger partial charge on any atom is 0.265 e. The van der Waals surface area contributed by atoms with Gasteiger partial charge < -0.3 is 10.1 Å². The summed E-state index contributed by atoms with van der Waals surface area (Å²) in [6, 6.07) is 1.91. The predicted molar refractivity (Wildman–Crippen MR) is 46.9 cm³/mol. The lowest BCUT2D eigenvalue weighted by Gasteiger charge is -1.97. The Morgan fingerprint density at radius 2 is 2.50 bits per heavy atom. The summed E-state index contributed by atoms with van der Waals surface area (Å²) >= 11 is 1.47. The summed E-state index contributed by atoms with van der Waals surface area (Å²) in [4.78, 5) is 13.1. The SMILES string of the molecule is Cc1cc2c(s1)C(=O)NCCO2. The Labute approximate surface area is 74.4 Å². The van der Waals surface area contributed by atoms with Gasteiger partial charge in [0.2, 0.25) is 0 Å². The van der Waals surface area contributed by atoms with Crippen molar-refractivity contribution in [3.8, 4) is 5.75 Å². The summed E-state index contributed by atoms with van der Waals surface area (Å²) in [6.45, 7) is 3.13. The molecular weight excluding hydrogens is 174 g/mol. The van der Waals surface area contributed by atoms with Crippen molar-refractivity contribution in [2.75, 3.05) is 13.2 Å². The summed E-state index contributed by atoms with van der Waals surface area (Å²) in [7, 11) is 0. The van der Waals surface area contributed by atoms with E-state index in [-0.39, 0.29) is 5.91 Å². The molecule has 3 nitrogen and oxygen atoms in total. The van der Waals surface area contributed by atoms with Gasteiger partial charge in [0.05, 0.1) is 6.54 Å². The summed E-state index contributed by atoms with van der Waals surface area (Å²) in [6.07, 6.45) is 0. The molecule has 1 aromatic heterocycles. The highest BCUT2D eigenvalue weighted by Gasteiger charge is 2.18. The second kappa shape index (κ2) is 2.79. The molecule has 1 aliphatic heterocycles. The van der Waals surface area contributed by atoms with Crippen LogP contribution in [-0.4, -0.2) is 19.1 Å². The highest BCUT2D eigenvalue weighted by atomic mass is 32.1. The molecule has 1 aromatic rings. The summed E-state index contributed by atoms with van der Waals surface area (Å²) in [5, 5.41) is 2.76. The molecule has 0 atom stereocenters. The number of nitrogens with one attached hydrogen (secondary N) is 1. The molecule has 0 bridgehead atoms. The molecule has 2 heterocycles. The van der Waals surface area contributed by atoms with Crippen LogP contribution in [0.4, 0.5) is 0 Å². The molecule has 1 amide bonds. The topological polar surface area (TPSA) is 38.3 Å². The Bertz CT molecular complexity index is 319. The first-order valence-corrected chi connectivity index (χ1v) is 4.60. The van der Waals surface area contributed by atoms with Crippen LogP contribution < -0.4 is 10.1 Å². The van der Waals surface area contributed by atoms with E-state index in [4.69, 9.17) is 4.74 Å². The van der Waals surface area contributed by atoms with E-state index in [2.05, 4.69) is 5.32 Å². The van der Waals surface area contributed by atoms with Crippen LogP contribution in [0.5, 0.6) is 5.75 Å². The van der Waals surface area contributed by atoms with Gasteiger partial charge in [-0.05, 0) is 13.0 Å². The van der Waals surface area contributed by atoms with Crippen molar-refractivity contribution in [1.29, 1.82) is 0 Å². The van der Waals surface area contributed by atoms with E-state index in [1.807, 2.05) is 13.0 Å². The molecule has 1 aliphatic rings. The molecule has 0 radical (unpaired) electrons. The van der Waals surface area contributed by atoms with Crippen LogP contribution in [0, 0.1) is 6.92 Å². The maximum absolute atomic E-state index is 11.3. The first-order chi connectivity index (χ1) is 5.77. The van der Waals surface area contributed by atoms with E-state index in [1.165, 1.54) is 11.3 Å². The monoisotopic (exact) mass is 183 g/mol. The van der Waals surface area contributed by atoms with Gasteiger partial charge in [0, 0.05) is 4.88 Å². The minimum absolute atomic E-state index is 0.0133. The lowest BCUT2D eigenvalue weighted by Crippen LogP contribution is -2.23. The zero-order valence-corrected chi connectivity index (χ0v) is 7.53. The molecule has 0 aliphatic carbocycles. The van der Waals surface area contributed by atoms with Gasteiger partial charge in [-0.25, -0.2) is 0 Å². The standard InChI is InChI=1S/C8H9NO2S/c1-5-4-6-7(12-5)8(10)9-2-3-11-6/h4H,2-3H2,1H3,(H,9,10). The molecule has 0 unspecified atom stereocenters. The Kier molecular flexibility index (Phi) is 1.77. The maximum atomic E-state index is 11.3. The molecule has 4 heteroatoms. The minimum atomic E-state index is -0.0133. The fourth-order valence-electron chi connectivity index (χ4n) is 1.16. The molecule has 0 fully saturated rings. The van der Waals surface area contributed by atoms with E-state index in [9.17, 15) is 4.79 Å². The van der Waals surface area contributed by atoms with E-state index in [0.717, 1.165) is 10.6 Å². The first-order valence-electron chi connectivity index (χ1n) is 3.79. The Balaban J connectivity index is 2.44. The lowest BCUT2D eigenvalue weighted by molar-refractivity contribution is 0.0961. The quantitative estimate of drug-likeness (QED) is 0.656. The third-order valence-electron chi connectivity index (χ3n) is 1.67. The predicted octanol–water partition coefficient (Wildman–Crippen LogP) is 1.18. The van der Waals surface area contributed by atoms with Gasteiger partial charge in [-0.15, -0.1) is 11.3 Å². The van der Waals surface area contributed by atoms with Crippen molar-refractivity contribution in [1.82, 2.24) is 5.32 Å². The largest absolute Gasteiger partial charge is 0.490 e. The fourth-order valence-corrected chi connectivity index (χ4v) is 2.03. The van der Waals surface area contributed by atoms with E-state index in [0.29, 0.717) is 18.0 Å². The Hall–Kier alpha value is -1.03. The van der Waals surface area contributed by atoms with Crippen molar-refractivity contribution < 1.29 is 9.53 Å². The number of ether oxygens (including phenoxy) is 1. The molecule has 0 saturated heterocycles. The number of rotatable bonds is 0. The van der Waals surface area contributed by atoms with Crippen LogP contribution in [0.1, 0.15) is 14.5 Å². The number of fused-ring (bicyclic) bond motifs is 1. The van der Waals surface area contributed by atoms with Crippen LogP contribution in [0.15, 0.2) is 6.07 Å². The zero-order chi connectivity index (χ0) is 8.55. The average molecular weight is 183 g/mol. The van der Waals surface area contributed by atoms with E-state index in [1.54, 1.807) is 0 Å². The van der Waals surface area contributed by atoms with Gasteiger partial charge in [-0.1, -0.05) is 0 Å². The van der Waals surface area contributed by atoms with Gasteiger partial charge in [0.1, 0.15) is 17.2 Å². The van der Waals surface area contributed by atoms with Crippen LogP contribution in [0.3, 0.4) is 0 Å². The first kappa shape index (κ1) is 7.61. The third kappa shape index (κ3) is 1.18. The highest BCUT2D eigenvalue weighted by molar-refractivity contribution is 7.14. The van der Waals surface area contributed by atoms with Gasteiger partial charge in [-0.2, -0.15) is 0 Å². The van der Waals surface area contributed by atoms with Crippen molar-refractivity contribution >= 4 is 17.2 Å². The van der Waals surface area contributed by atoms with E-state index >= 15 is 0 Å². The van der Waals surface area contributed by atoms with Crippen molar-refractivity contribution in [3.63, 3.8) is 0 Å². The summed E-state index contributed by atoms with van der Waals surface area (Å²) in [5.41, 5.74) is 0. The number of hydrogen-bond acceptors (Lipinski definition) is 3. The highest BCUT2D eigenvalue weighted by Crippen LogP contribution is 2.29. The number of amides is 1. The van der Waals surface area contributed by atoms with Crippen LogP contribution in [0.2, 0.25) is 0 Å².